The zero-order chi connectivity index (χ0) is 9.97. The van der Waals surface area contributed by atoms with Gasteiger partial charge in [0.2, 0.25) is 5.13 Å². The number of hydrogen-bond donors (Lipinski definition) is 1. The number of hydrogen-bond acceptors (Lipinski definition) is 5. The summed E-state index contributed by atoms with van der Waals surface area (Å²) in [5.74, 6) is 0.549. The summed E-state index contributed by atoms with van der Waals surface area (Å²) in [5.41, 5.74) is 0. The molecule has 1 N–H and O–H groups in total. The van der Waals surface area contributed by atoms with Crippen molar-refractivity contribution in [2.45, 2.75) is 6.92 Å². The van der Waals surface area contributed by atoms with Crippen LogP contribution in [0.5, 0.6) is 0 Å². The Hall–Kier alpha value is -1.27. The third-order valence-electron chi connectivity index (χ3n) is 1.49. The van der Waals surface area contributed by atoms with E-state index in [9.17, 15) is 4.79 Å². The number of anilines is 1. The van der Waals surface area contributed by atoms with Crippen molar-refractivity contribution in [1.82, 2.24) is 9.36 Å². The molecule has 4 nitrogen and oxygen atoms in total. The van der Waals surface area contributed by atoms with Gasteiger partial charge in [0.25, 0.3) is 5.91 Å². The Morgan fingerprint density at radius 1 is 1.57 bits per heavy atom. The van der Waals surface area contributed by atoms with E-state index in [2.05, 4.69) is 14.7 Å². The normalized spacial score (nSPS) is 10.1. The summed E-state index contributed by atoms with van der Waals surface area (Å²) in [5, 5.41) is 5.09. The van der Waals surface area contributed by atoms with E-state index in [1.54, 1.807) is 13.0 Å². The summed E-state index contributed by atoms with van der Waals surface area (Å²) in [6.45, 7) is 1.79. The molecular formula is C8H7N3OS2. The molecule has 2 aromatic heterocycles. The quantitative estimate of drug-likeness (QED) is 0.852. The summed E-state index contributed by atoms with van der Waals surface area (Å²) >= 11 is 2.59. The minimum Gasteiger partial charge on any atom is -0.296 e. The second-order valence-corrected chi connectivity index (χ2v) is 4.28. The van der Waals surface area contributed by atoms with Crippen LogP contribution in [0.2, 0.25) is 0 Å². The van der Waals surface area contributed by atoms with Crippen LogP contribution in [0.4, 0.5) is 5.13 Å². The molecule has 0 aliphatic heterocycles. The first-order valence-electron chi connectivity index (χ1n) is 3.91. The van der Waals surface area contributed by atoms with Crippen molar-refractivity contribution in [3.05, 3.63) is 28.2 Å². The Balaban J connectivity index is 2.09. The van der Waals surface area contributed by atoms with Crippen LogP contribution in [0.25, 0.3) is 0 Å². The molecule has 0 aliphatic rings. The van der Waals surface area contributed by atoms with Gasteiger partial charge in [-0.2, -0.15) is 4.37 Å². The number of nitrogens with zero attached hydrogens (tertiary/aromatic N) is 2. The highest BCUT2D eigenvalue weighted by Gasteiger charge is 2.08. The average Bonchev–Trinajstić information content (AvgIpc) is 2.75. The Kier molecular flexibility index (Phi) is 2.55. The highest BCUT2D eigenvalue weighted by Crippen LogP contribution is 2.14. The van der Waals surface area contributed by atoms with Crippen LogP contribution in [0.15, 0.2) is 17.5 Å². The molecule has 0 bridgehead atoms. The van der Waals surface area contributed by atoms with Gasteiger partial charge < -0.3 is 0 Å². The molecule has 0 radical (unpaired) electrons. The lowest BCUT2D eigenvalue weighted by Gasteiger charge is -1.95. The molecule has 14 heavy (non-hydrogen) atoms. The molecule has 0 saturated heterocycles. The smallest absolute Gasteiger partial charge is 0.267 e. The second kappa shape index (κ2) is 3.85. The molecule has 0 unspecified atom stereocenters. The van der Waals surface area contributed by atoms with Gasteiger partial charge in [-0.15, -0.1) is 11.3 Å². The predicted molar refractivity (Wildman–Crippen MR) is 56.9 cm³/mol. The Morgan fingerprint density at radius 3 is 3.00 bits per heavy atom. The largest absolute Gasteiger partial charge is 0.296 e. The number of thiophene rings is 1. The molecular weight excluding hydrogens is 218 g/mol. The summed E-state index contributed by atoms with van der Waals surface area (Å²) in [6.07, 6.45) is 0. The summed E-state index contributed by atoms with van der Waals surface area (Å²) < 4.78 is 3.97. The van der Waals surface area contributed by atoms with E-state index in [1.165, 1.54) is 22.9 Å². The van der Waals surface area contributed by atoms with E-state index < -0.39 is 0 Å². The van der Waals surface area contributed by atoms with Crippen molar-refractivity contribution in [1.29, 1.82) is 0 Å². The molecule has 1 amide bonds. The lowest BCUT2D eigenvalue weighted by Crippen LogP contribution is -2.09. The number of carbonyl (C=O) groups excluding carboxylic acids is 1. The molecule has 0 aliphatic carbocycles. The second-order valence-electron chi connectivity index (χ2n) is 2.58. The SMILES string of the molecule is Cc1nsc(NC(=O)c2cccs2)n1. The van der Waals surface area contributed by atoms with Gasteiger partial charge in [-0.3, -0.25) is 10.1 Å². The number of carbonyl (C=O) groups is 1. The maximum Gasteiger partial charge on any atom is 0.267 e. The first kappa shape index (κ1) is 9.29. The van der Waals surface area contributed by atoms with Gasteiger partial charge in [0, 0.05) is 11.5 Å². The van der Waals surface area contributed by atoms with E-state index in [1.807, 2.05) is 11.4 Å². The third-order valence-corrected chi connectivity index (χ3v) is 3.08. The maximum absolute atomic E-state index is 11.5. The van der Waals surface area contributed by atoms with E-state index in [-0.39, 0.29) is 5.91 Å². The van der Waals surface area contributed by atoms with Crippen molar-refractivity contribution >= 4 is 33.9 Å². The van der Waals surface area contributed by atoms with Crippen LogP contribution in [0.3, 0.4) is 0 Å². The van der Waals surface area contributed by atoms with Crippen LogP contribution in [-0.2, 0) is 0 Å². The van der Waals surface area contributed by atoms with Crippen LogP contribution < -0.4 is 5.32 Å². The molecule has 6 heteroatoms. The first-order valence-corrected chi connectivity index (χ1v) is 5.56. The van der Waals surface area contributed by atoms with E-state index in [0.29, 0.717) is 15.8 Å². The minimum absolute atomic E-state index is 0.129. The van der Waals surface area contributed by atoms with Gasteiger partial charge in [0.15, 0.2) is 0 Å². The lowest BCUT2D eigenvalue weighted by atomic mass is 10.4. The average molecular weight is 225 g/mol. The van der Waals surface area contributed by atoms with Crippen LogP contribution >= 0.6 is 22.9 Å². The zero-order valence-electron chi connectivity index (χ0n) is 7.35. The molecule has 2 rings (SSSR count). The van der Waals surface area contributed by atoms with Crippen molar-refractivity contribution < 1.29 is 4.79 Å². The minimum atomic E-state index is -0.129. The van der Waals surface area contributed by atoms with Gasteiger partial charge in [0.05, 0.1) is 4.88 Å². The lowest BCUT2D eigenvalue weighted by molar-refractivity contribution is 0.103. The topological polar surface area (TPSA) is 54.9 Å². The highest BCUT2D eigenvalue weighted by molar-refractivity contribution is 7.12. The molecule has 0 aromatic carbocycles. The third kappa shape index (κ3) is 1.97. The maximum atomic E-state index is 11.5. The molecule has 0 spiro atoms. The predicted octanol–water partition coefficient (Wildman–Crippen LogP) is 2.16. The Bertz CT molecular complexity index is 435. The summed E-state index contributed by atoms with van der Waals surface area (Å²) in [6, 6.07) is 3.61. The Morgan fingerprint density at radius 2 is 2.43 bits per heavy atom. The molecule has 0 saturated carbocycles. The molecule has 2 heterocycles. The molecule has 2 aromatic rings. The van der Waals surface area contributed by atoms with Gasteiger partial charge in [-0.25, -0.2) is 4.98 Å². The van der Waals surface area contributed by atoms with Gasteiger partial charge >= 0.3 is 0 Å². The fourth-order valence-corrected chi connectivity index (χ4v) is 2.10. The van der Waals surface area contributed by atoms with E-state index >= 15 is 0 Å². The monoisotopic (exact) mass is 225 g/mol. The first-order chi connectivity index (χ1) is 6.75. The fraction of sp³-hybridized carbons (Fsp3) is 0.125. The van der Waals surface area contributed by atoms with Crippen LogP contribution in [-0.4, -0.2) is 15.3 Å². The summed E-state index contributed by atoms with van der Waals surface area (Å²) in [4.78, 5) is 16.2. The Labute approximate surface area is 88.8 Å². The number of aromatic nitrogens is 2. The number of aryl methyl sites for hydroxylation is 1. The number of amides is 1. The van der Waals surface area contributed by atoms with Gasteiger partial charge in [-0.05, 0) is 18.4 Å². The molecule has 0 fully saturated rings. The van der Waals surface area contributed by atoms with Crippen LogP contribution in [0.1, 0.15) is 15.5 Å². The number of nitrogens with one attached hydrogen (secondary N) is 1. The van der Waals surface area contributed by atoms with Gasteiger partial charge in [-0.1, -0.05) is 6.07 Å². The van der Waals surface area contributed by atoms with E-state index in [0.717, 1.165) is 0 Å². The standard InChI is InChI=1S/C8H7N3OS2/c1-5-9-8(14-11-5)10-7(12)6-3-2-4-13-6/h2-4H,1H3,(H,9,10,11,12). The van der Waals surface area contributed by atoms with Crippen molar-refractivity contribution in [3.8, 4) is 0 Å². The van der Waals surface area contributed by atoms with Crippen molar-refractivity contribution in [3.63, 3.8) is 0 Å². The molecule has 72 valence electrons. The highest BCUT2D eigenvalue weighted by atomic mass is 32.1. The van der Waals surface area contributed by atoms with Crippen molar-refractivity contribution in [2.75, 3.05) is 5.32 Å². The van der Waals surface area contributed by atoms with Crippen molar-refractivity contribution in [2.24, 2.45) is 0 Å². The zero-order valence-corrected chi connectivity index (χ0v) is 8.98. The number of rotatable bonds is 2. The van der Waals surface area contributed by atoms with E-state index in [4.69, 9.17) is 0 Å². The van der Waals surface area contributed by atoms with Gasteiger partial charge in [0.1, 0.15) is 5.82 Å². The fourth-order valence-electron chi connectivity index (χ4n) is 0.914. The summed E-state index contributed by atoms with van der Waals surface area (Å²) in [7, 11) is 0. The molecule has 0 atom stereocenters. The van der Waals surface area contributed by atoms with Crippen LogP contribution in [0, 0.1) is 6.92 Å².